The summed E-state index contributed by atoms with van der Waals surface area (Å²) in [7, 11) is 2.88. The van der Waals surface area contributed by atoms with Crippen LogP contribution in [-0.2, 0) is 17.8 Å². The maximum atomic E-state index is 11.7. The second kappa shape index (κ2) is 7.82. The number of halogens is 1. The summed E-state index contributed by atoms with van der Waals surface area (Å²) in [6.07, 6.45) is 0. The summed E-state index contributed by atoms with van der Waals surface area (Å²) >= 11 is 5.85. The van der Waals surface area contributed by atoms with Gasteiger partial charge in [0, 0.05) is 18.1 Å². The fourth-order valence-electron chi connectivity index (χ4n) is 2.09. The second-order valence-corrected chi connectivity index (χ2v) is 5.19. The maximum Gasteiger partial charge on any atom is 0.341 e. The van der Waals surface area contributed by atoms with Crippen LogP contribution in [0, 0.1) is 0 Å². The van der Waals surface area contributed by atoms with Crippen LogP contribution >= 0.6 is 11.6 Å². The number of hydrogen-bond donors (Lipinski definition) is 1. The molecule has 2 aromatic rings. The van der Waals surface area contributed by atoms with Crippen molar-refractivity contribution in [3.63, 3.8) is 0 Å². The molecule has 2 aromatic carbocycles. The van der Waals surface area contributed by atoms with Crippen molar-refractivity contribution in [3.8, 4) is 5.75 Å². The van der Waals surface area contributed by atoms with Crippen LogP contribution in [0.5, 0.6) is 5.75 Å². The van der Waals surface area contributed by atoms with Gasteiger partial charge in [-0.25, -0.2) is 4.79 Å². The summed E-state index contributed by atoms with van der Waals surface area (Å²) in [5.74, 6) is 0.102. The van der Waals surface area contributed by atoms with Crippen molar-refractivity contribution < 1.29 is 14.3 Å². The van der Waals surface area contributed by atoms with Gasteiger partial charge in [-0.2, -0.15) is 0 Å². The zero-order chi connectivity index (χ0) is 15.9. The summed E-state index contributed by atoms with van der Waals surface area (Å²) < 4.78 is 9.94. The molecule has 0 aliphatic heterocycles. The molecule has 0 atom stereocenters. The van der Waals surface area contributed by atoms with Gasteiger partial charge in [0.15, 0.2) is 0 Å². The lowest BCUT2D eigenvalue weighted by Gasteiger charge is -2.10. The smallest absolute Gasteiger partial charge is 0.341 e. The highest BCUT2D eigenvalue weighted by molar-refractivity contribution is 6.30. The van der Waals surface area contributed by atoms with E-state index in [4.69, 9.17) is 21.1 Å². The van der Waals surface area contributed by atoms with Crippen LogP contribution in [0.15, 0.2) is 42.5 Å². The first kappa shape index (κ1) is 16.3. The molecule has 2 rings (SSSR count). The van der Waals surface area contributed by atoms with Gasteiger partial charge in [-0.1, -0.05) is 29.8 Å². The third-order valence-corrected chi connectivity index (χ3v) is 3.49. The summed E-state index contributed by atoms with van der Waals surface area (Å²) in [6, 6.07) is 13.1. The van der Waals surface area contributed by atoms with Crippen LogP contribution in [0.2, 0.25) is 5.02 Å². The van der Waals surface area contributed by atoms with Crippen molar-refractivity contribution in [3.05, 3.63) is 64.2 Å². The van der Waals surface area contributed by atoms with E-state index in [0.717, 1.165) is 22.7 Å². The lowest BCUT2D eigenvalue weighted by Crippen LogP contribution is -2.13. The van der Waals surface area contributed by atoms with Gasteiger partial charge < -0.3 is 14.8 Å². The Morgan fingerprint density at radius 3 is 2.32 bits per heavy atom. The number of carbonyl (C=O) groups is 1. The number of rotatable bonds is 6. The molecule has 0 aromatic heterocycles. The fourth-order valence-corrected chi connectivity index (χ4v) is 2.21. The molecule has 0 fully saturated rings. The van der Waals surface area contributed by atoms with Crippen LogP contribution in [0.25, 0.3) is 0 Å². The standard InChI is InChI=1S/C17H18ClNO3/c1-21-16-8-5-13(9-15(16)17(20)22-2)11-19-10-12-3-6-14(18)7-4-12/h3-9,19H,10-11H2,1-2H3. The van der Waals surface area contributed by atoms with Crippen LogP contribution in [-0.4, -0.2) is 20.2 Å². The van der Waals surface area contributed by atoms with Crippen molar-refractivity contribution in [1.29, 1.82) is 0 Å². The van der Waals surface area contributed by atoms with Gasteiger partial charge in [-0.05, 0) is 35.4 Å². The highest BCUT2D eigenvalue weighted by Gasteiger charge is 2.13. The number of esters is 1. The SMILES string of the molecule is COC(=O)c1cc(CNCc2ccc(Cl)cc2)ccc1OC. The Bertz CT molecular complexity index is 641. The topological polar surface area (TPSA) is 47.6 Å². The van der Waals surface area contributed by atoms with E-state index < -0.39 is 5.97 Å². The van der Waals surface area contributed by atoms with E-state index in [9.17, 15) is 4.79 Å². The Hall–Kier alpha value is -2.04. The second-order valence-electron chi connectivity index (χ2n) is 4.76. The Kier molecular flexibility index (Phi) is 5.81. The zero-order valence-corrected chi connectivity index (χ0v) is 13.3. The average Bonchev–Trinajstić information content (AvgIpc) is 2.56. The van der Waals surface area contributed by atoms with E-state index in [1.165, 1.54) is 14.2 Å². The molecular weight excluding hydrogens is 302 g/mol. The molecule has 0 radical (unpaired) electrons. The van der Waals surface area contributed by atoms with Crippen LogP contribution in [0.1, 0.15) is 21.5 Å². The molecular formula is C17H18ClNO3. The Morgan fingerprint density at radius 1 is 1.05 bits per heavy atom. The zero-order valence-electron chi connectivity index (χ0n) is 12.6. The lowest BCUT2D eigenvalue weighted by molar-refractivity contribution is 0.0597. The summed E-state index contributed by atoms with van der Waals surface area (Å²) in [5.41, 5.74) is 2.55. The highest BCUT2D eigenvalue weighted by Crippen LogP contribution is 2.20. The molecule has 0 amide bonds. The number of methoxy groups -OCH3 is 2. The first-order valence-corrected chi connectivity index (χ1v) is 7.22. The van der Waals surface area contributed by atoms with Crippen LogP contribution < -0.4 is 10.1 Å². The van der Waals surface area contributed by atoms with Gasteiger partial charge in [-0.15, -0.1) is 0 Å². The van der Waals surface area contributed by atoms with Crippen molar-refractivity contribution in [2.45, 2.75) is 13.1 Å². The van der Waals surface area contributed by atoms with Gasteiger partial charge in [0.2, 0.25) is 0 Å². The van der Waals surface area contributed by atoms with Crippen LogP contribution in [0.3, 0.4) is 0 Å². The van der Waals surface area contributed by atoms with E-state index in [1.807, 2.05) is 30.3 Å². The largest absolute Gasteiger partial charge is 0.496 e. The molecule has 5 heteroatoms. The highest BCUT2D eigenvalue weighted by atomic mass is 35.5. The monoisotopic (exact) mass is 319 g/mol. The molecule has 0 saturated heterocycles. The normalized spacial score (nSPS) is 10.3. The predicted octanol–water partition coefficient (Wildman–Crippen LogP) is 3.43. The van der Waals surface area contributed by atoms with E-state index >= 15 is 0 Å². The number of ether oxygens (including phenoxy) is 2. The number of benzene rings is 2. The third-order valence-electron chi connectivity index (χ3n) is 3.24. The van der Waals surface area contributed by atoms with E-state index in [0.29, 0.717) is 17.9 Å². The third kappa shape index (κ3) is 4.23. The van der Waals surface area contributed by atoms with Gasteiger partial charge in [0.05, 0.1) is 14.2 Å². The first-order chi connectivity index (χ1) is 10.6. The minimum atomic E-state index is -0.406. The van der Waals surface area contributed by atoms with Crippen molar-refractivity contribution in [2.24, 2.45) is 0 Å². The molecule has 0 heterocycles. The molecule has 0 bridgehead atoms. The number of nitrogens with one attached hydrogen (secondary N) is 1. The predicted molar refractivity (Wildman–Crippen MR) is 86.3 cm³/mol. The van der Waals surface area contributed by atoms with Gasteiger partial charge >= 0.3 is 5.97 Å². The minimum absolute atomic E-state index is 0.406. The Labute approximate surface area is 135 Å². The number of hydrogen-bond acceptors (Lipinski definition) is 4. The summed E-state index contributed by atoms with van der Waals surface area (Å²) in [4.78, 5) is 11.7. The van der Waals surface area contributed by atoms with Gasteiger partial charge in [0.1, 0.15) is 11.3 Å². The summed E-state index contributed by atoms with van der Waals surface area (Å²) in [5, 5.41) is 4.05. The molecule has 0 unspecified atom stereocenters. The van der Waals surface area contributed by atoms with Crippen molar-refractivity contribution in [1.82, 2.24) is 5.32 Å². The average molecular weight is 320 g/mol. The van der Waals surface area contributed by atoms with E-state index in [-0.39, 0.29) is 0 Å². The lowest BCUT2D eigenvalue weighted by atomic mass is 10.1. The molecule has 116 valence electrons. The molecule has 0 aliphatic carbocycles. The molecule has 4 nitrogen and oxygen atoms in total. The summed E-state index contributed by atoms with van der Waals surface area (Å²) in [6.45, 7) is 1.35. The molecule has 0 saturated carbocycles. The number of carbonyl (C=O) groups excluding carboxylic acids is 1. The quantitative estimate of drug-likeness (QED) is 0.829. The van der Waals surface area contributed by atoms with Crippen LogP contribution in [0.4, 0.5) is 0 Å². The van der Waals surface area contributed by atoms with Gasteiger partial charge in [0.25, 0.3) is 0 Å². The van der Waals surface area contributed by atoms with E-state index in [1.54, 1.807) is 12.1 Å². The molecule has 0 aliphatic rings. The van der Waals surface area contributed by atoms with Crippen molar-refractivity contribution >= 4 is 17.6 Å². The molecule has 0 spiro atoms. The molecule has 1 N–H and O–H groups in total. The first-order valence-electron chi connectivity index (χ1n) is 6.84. The molecule has 22 heavy (non-hydrogen) atoms. The Morgan fingerprint density at radius 2 is 1.68 bits per heavy atom. The van der Waals surface area contributed by atoms with Crippen molar-refractivity contribution in [2.75, 3.05) is 14.2 Å². The van der Waals surface area contributed by atoms with E-state index in [2.05, 4.69) is 5.32 Å². The Balaban J connectivity index is 2.00. The van der Waals surface area contributed by atoms with Gasteiger partial charge in [-0.3, -0.25) is 0 Å². The maximum absolute atomic E-state index is 11.7. The fraction of sp³-hybridized carbons (Fsp3) is 0.235. The minimum Gasteiger partial charge on any atom is -0.496 e.